The van der Waals surface area contributed by atoms with E-state index in [1.807, 2.05) is 6.07 Å². The number of rotatable bonds is 8. The van der Waals surface area contributed by atoms with E-state index in [0.29, 0.717) is 26.4 Å². The first-order valence-corrected chi connectivity index (χ1v) is 11.1. The molecule has 32 heavy (non-hydrogen) atoms. The van der Waals surface area contributed by atoms with Crippen molar-refractivity contribution < 1.29 is 24.0 Å². The van der Waals surface area contributed by atoms with Gasteiger partial charge in [-0.2, -0.15) is 0 Å². The number of ether oxygens (including phenoxy) is 2. The van der Waals surface area contributed by atoms with E-state index < -0.39 is 16.8 Å². The van der Waals surface area contributed by atoms with Crippen LogP contribution in [0, 0.1) is 17.0 Å². The summed E-state index contributed by atoms with van der Waals surface area (Å²) in [5, 5.41) is 14.0. The lowest BCUT2D eigenvalue weighted by atomic mass is 10.0. The smallest absolute Gasteiger partial charge is 0.341 e. The number of para-hydroxylation sites is 1. The number of nitrogens with zero attached hydrogens (tertiary/aromatic N) is 1. The Morgan fingerprint density at radius 2 is 1.84 bits per heavy atom. The molecule has 0 unspecified atom stereocenters. The van der Waals surface area contributed by atoms with Gasteiger partial charge in [-0.25, -0.2) is 4.79 Å². The second-order valence-electron chi connectivity index (χ2n) is 6.53. The second kappa shape index (κ2) is 10.4. The van der Waals surface area contributed by atoms with Crippen molar-refractivity contribution in [1.29, 1.82) is 0 Å². The fourth-order valence-electron chi connectivity index (χ4n) is 3.00. The van der Waals surface area contributed by atoms with Crippen LogP contribution in [0.25, 0.3) is 11.1 Å². The number of carbonyl (C=O) groups excluding carboxylic acids is 2. The molecule has 0 spiro atoms. The van der Waals surface area contributed by atoms with Gasteiger partial charge in [0.25, 0.3) is 11.6 Å². The number of anilines is 1. The van der Waals surface area contributed by atoms with Crippen LogP contribution in [0.2, 0.25) is 0 Å². The molecule has 0 saturated heterocycles. The van der Waals surface area contributed by atoms with Crippen molar-refractivity contribution >= 4 is 49.8 Å². The molecule has 1 heterocycles. The minimum Gasteiger partial charge on any atom is -0.483 e. The molecule has 1 aromatic heterocycles. The first-order chi connectivity index (χ1) is 15.3. The van der Waals surface area contributed by atoms with E-state index in [1.54, 1.807) is 44.2 Å². The minimum absolute atomic E-state index is 0.0583. The lowest BCUT2D eigenvalue weighted by Gasteiger charge is -2.10. The van der Waals surface area contributed by atoms with Gasteiger partial charge < -0.3 is 14.8 Å². The summed E-state index contributed by atoms with van der Waals surface area (Å²) in [6.07, 6.45) is 0. The Balaban J connectivity index is 1.89. The average molecular weight is 519 g/mol. The quantitative estimate of drug-likeness (QED) is 0.236. The fraction of sp³-hybridized carbons (Fsp3) is 0.182. The van der Waals surface area contributed by atoms with Gasteiger partial charge in [-0.15, -0.1) is 11.3 Å². The molecule has 10 heteroatoms. The number of nitro benzene ring substituents is 1. The van der Waals surface area contributed by atoms with Crippen LogP contribution in [0.4, 0.5) is 10.7 Å². The number of esters is 1. The number of carbonyl (C=O) groups is 2. The highest BCUT2D eigenvalue weighted by Crippen LogP contribution is 2.40. The maximum Gasteiger partial charge on any atom is 0.341 e. The topological polar surface area (TPSA) is 108 Å². The zero-order chi connectivity index (χ0) is 23.3. The molecular formula is C22H19BrN2O6S. The van der Waals surface area contributed by atoms with Gasteiger partial charge in [0, 0.05) is 22.6 Å². The van der Waals surface area contributed by atoms with E-state index in [0.717, 1.165) is 4.88 Å². The van der Waals surface area contributed by atoms with Crippen LogP contribution in [0.1, 0.15) is 22.2 Å². The molecule has 0 atom stereocenters. The Hall–Kier alpha value is -3.24. The SMILES string of the molecule is CCOC(=O)c1c(NC(=O)COc2ccccc2Br)sc(C)c1-c1ccc([N+](=O)[O-])cc1. The predicted molar refractivity (Wildman–Crippen MR) is 125 cm³/mol. The largest absolute Gasteiger partial charge is 0.483 e. The summed E-state index contributed by atoms with van der Waals surface area (Å²) in [5.74, 6) is -0.516. The van der Waals surface area contributed by atoms with Crippen LogP contribution in [0.5, 0.6) is 5.75 Å². The molecule has 3 rings (SSSR count). The number of hydrogen-bond donors (Lipinski definition) is 1. The summed E-state index contributed by atoms with van der Waals surface area (Å²) in [6, 6.07) is 13.0. The average Bonchev–Trinajstić information content (AvgIpc) is 3.08. The molecule has 0 aliphatic carbocycles. The Labute approximate surface area is 196 Å². The molecule has 0 saturated carbocycles. The van der Waals surface area contributed by atoms with E-state index in [1.165, 1.54) is 23.5 Å². The lowest BCUT2D eigenvalue weighted by Crippen LogP contribution is -2.21. The number of aryl methyl sites for hydroxylation is 1. The normalized spacial score (nSPS) is 10.5. The van der Waals surface area contributed by atoms with Gasteiger partial charge in [0.15, 0.2) is 6.61 Å². The van der Waals surface area contributed by atoms with Gasteiger partial charge in [-0.05, 0) is 59.6 Å². The Morgan fingerprint density at radius 3 is 2.47 bits per heavy atom. The third-order valence-electron chi connectivity index (χ3n) is 4.38. The Morgan fingerprint density at radius 1 is 1.16 bits per heavy atom. The molecule has 0 fully saturated rings. The van der Waals surface area contributed by atoms with E-state index in [-0.39, 0.29) is 24.5 Å². The number of benzene rings is 2. The summed E-state index contributed by atoms with van der Waals surface area (Å²) in [4.78, 5) is 36.5. The number of halogens is 1. The third kappa shape index (κ3) is 5.32. The van der Waals surface area contributed by atoms with E-state index in [2.05, 4.69) is 21.2 Å². The highest BCUT2D eigenvalue weighted by Gasteiger charge is 2.26. The van der Waals surface area contributed by atoms with Gasteiger partial charge >= 0.3 is 5.97 Å². The number of thiophene rings is 1. The van der Waals surface area contributed by atoms with E-state index >= 15 is 0 Å². The number of hydrogen-bond acceptors (Lipinski definition) is 7. The van der Waals surface area contributed by atoms with E-state index in [9.17, 15) is 19.7 Å². The van der Waals surface area contributed by atoms with Crippen LogP contribution < -0.4 is 10.1 Å². The number of nitrogens with one attached hydrogen (secondary N) is 1. The Kier molecular flexibility index (Phi) is 7.60. The van der Waals surface area contributed by atoms with Crippen molar-refractivity contribution in [2.24, 2.45) is 0 Å². The number of nitro groups is 1. The van der Waals surface area contributed by atoms with Crippen molar-refractivity contribution in [2.75, 3.05) is 18.5 Å². The monoisotopic (exact) mass is 518 g/mol. The molecule has 0 aliphatic heterocycles. The molecular weight excluding hydrogens is 500 g/mol. The van der Waals surface area contributed by atoms with Crippen LogP contribution in [0.15, 0.2) is 53.0 Å². The van der Waals surface area contributed by atoms with Crippen molar-refractivity contribution in [1.82, 2.24) is 0 Å². The molecule has 0 radical (unpaired) electrons. The summed E-state index contributed by atoms with van der Waals surface area (Å²) in [7, 11) is 0. The lowest BCUT2D eigenvalue weighted by molar-refractivity contribution is -0.384. The fourth-order valence-corrected chi connectivity index (χ4v) is 4.48. The van der Waals surface area contributed by atoms with Gasteiger partial charge in [0.1, 0.15) is 16.3 Å². The number of non-ortho nitro benzene ring substituents is 1. The van der Waals surface area contributed by atoms with Crippen molar-refractivity contribution in [3.63, 3.8) is 0 Å². The zero-order valence-corrected chi connectivity index (χ0v) is 19.6. The highest BCUT2D eigenvalue weighted by atomic mass is 79.9. The molecule has 166 valence electrons. The van der Waals surface area contributed by atoms with Crippen LogP contribution in [-0.2, 0) is 9.53 Å². The summed E-state index contributed by atoms with van der Waals surface area (Å²) in [6.45, 7) is 3.39. The third-order valence-corrected chi connectivity index (χ3v) is 6.05. The predicted octanol–water partition coefficient (Wildman–Crippen LogP) is 5.59. The second-order valence-corrected chi connectivity index (χ2v) is 8.61. The van der Waals surface area contributed by atoms with Crippen molar-refractivity contribution in [2.45, 2.75) is 13.8 Å². The highest BCUT2D eigenvalue weighted by molar-refractivity contribution is 9.10. The maximum absolute atomic E-state index is 12.7. The first kappa shape index (κ1) is 23.4. The standard InChI is InChI=1S/C22H19BrN2O6S/c1-3-30-22(27)20-19(14-8-10-15(11-9-14)25(28)29)13(2)32-21(20)24-18(26)12-31-17-7-5-4-6-16(17)23/h4-11H,3,12H2,1-2H3,(H,24,26). The van der Waals surface area contributed by atoms with Crippen molar-refractivity contribution in [3.8, 4) is 16.9 Å². The van der Waals surface area contributed by atoms with Crippen molar-refractivity contribution in [3.05, 3.63) is 73.6 Å². The van der Waals surface area contributed by atoms with Gasteiger partial charge in [0.05, 0.1) is 16.0 Å². The van der Waals surface area contributed by atoms with E-state index in [4.69, 9.17) is 9.47 Å². The molecule has 2 aromatic carbocycles. The Bertz CT molecular complexity index is 1160. The van der Waals surface area contributed by atoms with Gasteiger partial charge in [0.2, 0.25) is 0 Å². The molecule has 3 aromatic rings. The molecule has 1 N–H and O–H groups in total. The molecule has 0 aliphatic rings. The molecule has 8 nitrogen and oxygen atoms in total. The van der Waals surface area contributed by atoms with Crippen LogP contribution in [-0.4, -0.2) is 30.0 Å². The molecule has 0 bridgehead atoms. The zero-order valence-electron chi connectivity index (χ0n) is 17.2. The van der Waals surface area contributed by atoms with Crippen LogP contribution in [0.3, 0.4) is 0 Å². The minimum atomic E-state index is -0.591. The summed E-state index contributed by atoms with van der Waals surface area (Å²) >= 11 is 4.58. The summed E-state index contributed by atoms with van der Waals surface area (Å²) in [5.41, 5.74) is 1.32. The van der Waals surface area contributed by atoms with Crippen LogP contribution >= 0.6 is 27.3 Å². The maximum atomic E-state index is 12.7. The van der Waals surface area contributed by atoms with Gasteiger partial charge in [-0.1, -0.05) is 12.1 Å². The number of amides is 1. The molecule has 1 amide bonds. The van der Waals surface area contributed by atoms with Gasteiger partial charge in [-0.3, -0.25) is 14.9 Å². The summed E-state index contributed by atoms with van der Waals surface area (Å²) < 4.78 is 11.5. The first-order valence-electron chi connectivity index (χ1n) is 9.54.